The van der Waals surface area contributed by atoms with Crippen molar-refractivity contribution in [1.29, 1.82) is 0 Å². The maximum atomic E-state index is 12.7. The van der Waals surface area contributed by atoms with Crippen molar-refractivity contribution in [2.24, 2.45) is 7.05 Å². The highest BCUT2D eigenvalue weighted by atomic mass is 35.5. The van der Waals surface area contributed by atoms with Crippen LogP contribution in [0.15, 0.2) is 10.5 Å². The first-order valence-electron chi connectivity index (χ1n) is 8.63. The first-order chi connectivity index (χ1) is 11.9. The Hall–Kier alpha value is -1.79. The van der Waals surface area contributed by atoms with Crippen LogP contribution in [0.25, 0.3) is 0 Å². The molecule has 0 N–H and O–H groups in total. The number of halogens is 1. The lowest BCUT2D eigenvalue weighted by Crippen LogP contribution is -2.35. The van der Waals surface area contributed by atoms with Crippen LogP contribution in [0, 0.1) is 20.8 Å². The number of hydrogen-bond acceptors (Lipinski definition) is 4. The number of amides is 1. The zero-order valence-corrected chi connectivity index (χ0v) is 16.1. The molecule has 0 aliphatic carbocycles. The zero-order chi connectivity index (χ0) is 18.1. The van der Waals surface area contributed by atoms with Gasteiger partial charge in [0.2, 0.25) is 0 Å². The standard InChI is InChI=1S/C18H25ClN4O2/c1-12-10-16(25-14(12)3)18(24)23-7-5-6-22(8-9-23)11-15-13(2)20-21(4)17(15)19/h10H,5-9,11H2,1-4H3. The van der Waals surface area contributed by atoms with E-state index in [1.54, 1.807) is 4.68 Å². The summed E-state index contributed by atoms with van der Waals surface area (Å²) >= 11 is 6.35. The van der Waals surface area contributed by atoms with Crippen LogP contribution in [0.2, 0.25) is 5.15 Å². The SMILES string of the molecule is Cc1cc(C(=O)N2CCCN(Cc3c(C)nn(C)c3Cl)CC2)oc1C. The van der Waals surface area contributed by atoms with Crippen molar-refractivity contribution in [2.75, 3.05) is 26.2 Å². The van der Waals surface area contributed by atoms with E-state index in [0.29, 0.717) is 17.5 Å². The fraction of sp³-hybridized carbons (Fsp3) is 0.556. The molecule has 136 valence electrons. The van der Waals surface area contributed by atoms with Crippen molar-refractivity contribution >= 4 is 17.5 Å². The van der Waals surface area contributed by atoms with E-state index < -0.39 is 0 Å². The topological polar surface area (TPSA) is 54.5 Å². The fourth-order valence-corrected chi connectivity index (χ4v) is 3.48. The number of nitrogens with zero attached hydrogens (tertiary/aromatic N) is 4. The summed E-state index contributed by atoms with van der Waals surface area (Å²) in [4.78, 5) is 16.9. The summed E-state index contributed by atoms with van der Waals surface area (Å²) in [6.07, 6.45) is 0.932. The van der Waals surface area contributed by atoms with Crippen LogP contribution in [0.5, 0.6) is 0 Å². The highest BCUT2D eigenvalue weighted by molar-refractivity contribution is 6.30. The molecule has 1 aliphatic rings. The number of carbonyl (C=O) groups is 1. The molecule has 2 aromatic rings. The summed E-state index contributed by atoms with van der Waals surface area (Å²) in [5.74, 6) is 1.23. The van der Waals surface area contributed by atoms with Crippen LogP contribution in [0.1, 0.15) is 39.6 Å². The van der Waals surface area contributed by atoms with E-state index in [-0.39, 0.29) is 5.91 Å². The molecule has 1 amide bonds. The minimum atomic E-state index is -0.0198. The predicted molar refractivity (Wildman–Crippen MR) is 96.9 cm³/mol. The molecular weight excluding hydrogens is 340 g/mol. The number of aromatic nitrogens is 2. The Morgan fingerprint density at radius 3 is 2.60 bits per heavy atom. The summed E-state index contributed by atoms with van der Waals surface area (Å²) in [5, 5.41) is 5.06. The molecule has 0 radical (unpaired) electrons. The Kier molecular flexibility index (Phi) is 5.20. The first-order valence-corrected chi connectivity index (χ1v) is 9.01. The third kappa shape index (κ3) is 3.75. The van der Waals surface area contributed by atoms with Crippen molar-refractivity contribution in [3.63, 3.8) is 0 Å². The molecule has 1 aliphatic heterocycles. The van der Waals surface area contributed by atoms with Gasteiger partial charge in [-0.3, -0.25) is 14.4 Å². The molecule has 0 saturated carbocycles. The highest BCUT2D eigenvalue weighted by Gasteiger charge is 2.24. The third-order valence-corrected chi connectivity index (χ3v) is 5.38. The number of hydrogen-bond donors (Lipinski definition) is 0. The normalized spacial score (nSPS) is 16.3. The molecule has 0 unspecified atom stereocenters. The van der Waals surface area contributed by atoms with Gasteiger partial charge >= 0.3 is 0 Å². The van der Waals surface area contributed by atoms with E-state index in [4.69, 9.17) is 16.0 Å². The van der Waals surface area contributed by atoms with E-state index in [1.165, 1.54) is 0 Å². The first kappa shape index (κ1) is 18.0. The Morgan fingerprint density at radius 1 is 1.24 bits per heavy atom. The van der Waals surface area contributed by atoms with Gasteiger partial charge in [-0.05, 0) is 38.8 Å². The third-order valence-electron chi connectivity index (χ3n) is 4.90. The van der Waals surface area contributed by atoms with E-state index in [2.05, 4.69) is 10.00 Å². The minimum Gasteiger partial charge on any atom is -0.456 e. The van der Waals surface area contributed by atoms with Gasteiger partial charge in [0.15, 0.2) is 5.76 Å². The maximum absolute atomic E-state index is 12.7. The van der Waals surface area contributed by atoms with Crippen molar-refractivity contribution < 1.29 is 9.21 Å². The van der Waals surface area contributed by atoms with Gasteiger partial charge in [-0.2, -0.15) is 5.10 Å². The smallest absolute Gasteiger partial charge is 0.289 e. The van der Waals surface area contributed by atoms with E-state index in [0.717, 1.165) is 55.2 Å². The molecule has 6 nitrogen and oxygen atoms in total. The molecule has 0 spiro atoms. The lowest BCUT2D eigenvalue weighted by molar-refractivity contribution is 0.0728. The molecule has 3 heterocycles. The van der Waals surface area contributed by atoms with Crippen LogP contribution in [0.4, 0.5) is 0 Å². The Bertz CT molecular complexity index is 761. The van der Waals surface area contributed by atoms with Gasteiger partial charge in [-0.25, -0.2) is 0 Å². The molecule has 1 fully saturated rings. The molecule has 1 saturated heterocycles. The number of furan rings is 1. The van der Waals surface area contributed by atoms with E-state index in [1.807, 2.05) is 38.8 Å². The van der Waals surface area contributed by atoms with E-state index >= 15 is 0 Å². The molecule has 0 bridgehead atoms. The van der Waals surface area contributed by atoms with Crippen molar-refractivity contribution in [3.05, 3.63) is 39.6 Å². The lowest BCUT2D eigenvalue weighted by atomic mass is 10.2. The average molecular weight is 365 g/mol. The van der Waals surface area contributed by atoms with Gasteiger partial charge in [0.1, 0.15) is 10.9 Å². The van der Waals surface area contributed by atoms with Gasteiger partial charge in [0, 0.05) is 45.3 Å². The fourth-order valence-electron chi connectivity index (χ4n) is 3.24. The number of rotatable bonds is 3. The number of aryl methyl sites for hydroxylation is 4. The van der Waals surface area contributed by atoms with Crippen LogP contribution in [-0.4, -0.2) is 51.7 Å². The molecule has 7 heteroatoms. The second-order valence-electron chi connectivity index (χ2n) is 6.75. The molecule has 0 aromatic carbocycles. The molecule has 0 atom stereocenters. The monoisotopic (exact) mass is 364 g/mol. The lowest BCUT2D eigenvalue weighted by Gasteiger charge is -2.21. The van der Waals surface area contributed by atoms with Crippen molar-refractivity contribution in [3.8, 4) is 0 Å². The minimum absolute atomic E-state index is 0.0198. The number of carbonyl (C=O) groups excluding carboxylic acids is 1. The second-order valence-corrected chi connectivity index (χ2v) is 7.11. The van der Waals surface area contributed by atoms with Crippen LogP contribution in [0.3, 0.4) is 0 Å². The largest absolute Gasteiger partial charge is 0.456 e. The Labute approximate surface area is 153 Å². The van der Waals surface area contributed by atoms with Crippen LogP contribution < -0.4 is 0 Å². The van der Waals surface area contributed by atoms with Crippen molar-refractivity contribution in [1.82, 2.24) is 19.6 Å². The predicted octanol–water partition coefficient (Wildman–Crippen LogP) is 2.94. The van der Waals surface area contributed by atoms with E-state index in [9.17, 15) is 4.79 Å². The Balaban J connectivity index is 1.65. The van der Waals surface area contributed by atoms with Gasteiger partial charge in [-0.15, -0.1) is 0 Å². The van der Waals surface area contributed by atoms with Gasteiger partial charge in [0.25, 0.3) is 5.91 Å². The Morgan fingerprint density at radius 2 is 2.00 bits per heavy atom. The molecule has 2 aromatic heterocycles. The summed E-state index contributed by atoms with van der Waals surface area (Å²) in [7, 11) is 1.86. The summed E-state index contributed by atoms with van der Waals surface area (Å²) in [5.41, 5.74) is 3.05. The summed E-state index contributed by atoms with van der Waals surface area (Å²) < 4.78 is 7.30. The maximum Gasteiger partial charge on any atom is 0.289 e. The second kappa shape index (κ2) is 7.22. The van der Waals surface area contributed by atoms with Crippen molar-refractivity contribution in [2.45, 2.75) is 33.7 Å². The van der Waals surface area contributed by atoms with Crippen LogP contribution >= 0.6 is 11.6 Å². The average Bonchev–Trinajstić information content (AvgIpc) is 2.92. The van der Waals surface area contributed by atoms with Gasteiger partial charge < -0.3 is 9.32 Å². The highest BCUT2D eigenvalue weighted by Crippen LogP contribution is 2.22. The molecule has 3 rings (SSSR count). The molecular formula is C18H25ClN4O2. The van der Waals surface area contributed by atoms with Gasteiger partial charge in [0.05, 0.1) is 5.69 Å². The summed E-state index contributed by atoms with van der Waals surface area (Å²) in [6, 6.07) is 1.83. The molecule has 25 heavy (non-hydrogen) atoms. The summed E-state index contributed by atoms with van der Waals surface area (Å²) in [6.45, 7) is 9.77. The quantitative estimate of drug-likeness (QED) is 0.840. The van der Waals surface area contributed by atoms with Crippen LogP contribution in [-0.2, 0) is 13.6 Å². The zero-order valence-electron chi connectivity index (χ0n) is 15.3. The van der Waals surface area contributed by atoms with Gasteiger partial charge in [-0.1, -0.05) is 11.6 Å².